The number of esters is 1. The van der Waals surface area contributed by atoms with Crippen molar-refractivity contribution in [1.82, 2.24) is 16.0 Å². The van der Waals surface area contributed by atoms with E-state index < -0.39 is 76.8 Å². The zero-order valence-electron chi connectivity index (χ0n) is 26.1. The lowest BCUT2D eigenvalue weighted by Gasteiger charge is -2.29. The maximum Gasteiger partial charge on any atom is 0.307 e. The number of ether oxygens (including phenoxy) is 1. The summed E-state index contributed by atoms with van der Waals surface area (Å²) in [4.78, 5) is 67.3. The number of amides is 3. The van der Waals surface area contributed by atoms with Crippen molar-refractivity contribution in [3.8, 4) is 0 Å². The number of nitrogens with one attached hydrogen (secondary N) is 3. The van der Waals surface area contributed by atoms with E-state index in [4.69, 9.17) is 25.2 Å². The second kappa shape index (κ2) is 19.8. The molecular formula is C27H49N3O14. The highest BCUT2D eigenvalue weighted by Crippen LogP contribution is 2.22. The van der Waals surface area contributed by atoms with E-state index in [0.29, 0.717) is 0 Å². The first-order chi connectivity index (χ1) is 20.0. The summed E-state index contributed by atoms with van der Waals surface area (Å²) in [6.07, 6.45) is -5.01. The molecule has 3 amide bonds. The highest BCUT2D eigenvalue weighted by atomic mass is 16.5. The fourth-order valence-corrected chi connectivity index (χ4v) is 2.82. The minimum atomic E-state index is -1.53. The smallest absolute Gasteiger partial charge is 0.307 e. The number of carbonyl (C=O) groups is 6. The summed E-state index contributed by atoms with van der Waals surface area (Å²) in [5.74, 6) is -4.98. The van der Waals surface area contributed by atoms with E-state index in [2.05, 4.69) is 16.0 Å². The molecule has 0 spiro atoms. The number of rotatable bonds is 19. The first-order valence-electron chi connectivity index (χ1n) is 13.7. The predicted molar refractivity (Wildman–Crippen MR) is 153 cm³/mol. The van der Waals surface area contributed by atoms with Crippen molar-refractivity contribution in [2.45, 2.75) is 79.1 Å². The molecule has 10 N–H and O–H groups in total. The Kier molecular flexibility index (Phi) is 19.2. The Hall–Kier alpha value is -3.38. The van der Waals surface area contributed by atoms with Crippen LogP contribution in [-0.2, 0) is 33.5 Å². The summed E-state index contributed by atoms with van der Waals surface area (Å²) in [6, 6.07) is 0. The molecule has 17 heteroatoms. The zero-order valence-corrected chi connectivity index (χ0v) is 26.1. The Bertz CT molecular complexity index is 967. The fourth-order valence-electron chi connectivity index (χ4n) is 2.82. The van der Waals surface area contributed by atoms with Gasteiger partial charge in [0.1, 0.15) is 18.3 Å². The van der Waals surface area contributed by atoms with Crippen molar-refractivity contribution in [2.24, 2.45) is 16.2 Å². The van der Waals surface area contributed by atoms with Gasteiger partial charge in [-0.2, -0.15) is 0 Å². The lowest BCUT2D eigenvalue weighted by Crippen LogP contribution is -2.47. The average Bonchev–Trinajstić information content (AvgIpc) is 2.94. The van der Waals surface area contributed by atoms with Gasteiger partial charge >= 0.3 is 17.9 Å². The Morgan fingerprint density at radius 1 is 0.568 bits per heavy atom. The van der Waals surface area contributed by atoms with Crippen LogP contribution in [0.15, 0.2) is 0 Å². The molecule has 0 aromatic rings. The third kappa shape index (κ3) is 17.0. The van der Waals surface area contributed by atoms with Crippen molar-refractivity contribution in [3.63, 3.8) is 0 Å². The highest BCUT2D eigenvalue weighted by molar-refractivity contribution is 5.83. The molecule has 0 aromatic heterocycles. The number of aliphatic hydroxyl groups is 5. The summed E-state index contributed by atoms with van der Waals surface area (Å²) >= 11 is 0. The second-order valence-corrected chi connectivity index (χ2v) is 12.1. The van der Waals surface area contributed by atoms with Crippen molar-refractivity contribution in [1.29, 1.82) is 0 Å². The van der Waals surface area contributed by atoms with E-state index in [-0.39, 0.29) is 52.1 Å². The van der Waals surface area contributed by atoms with Crippen molar-refractivity contribution in [2.75, 3.05) is 39.5 Å². The number of aliphatic hydroxyl groups excluding tert-OH is 5. The molecule has 17 nitrogen and oxygen atoms in total. The SMILES string of the molecule is CC(C)(CO)C(O)C(=O)NCCC(=O)OCC(C)(C)C(O)C(=O)NCCC(=O)O.CC(C)(CO)[C@@H](O)C(=O)NCCC(=O)O. The molecule has 0 heterocycles. The van der Waals surface area contributed by atoms with Gasteiger partial charge in [-0.05, 0) is 0 Å². The molecule has 0 saturated carbocycles. The number of carbonyl (C=O) groups excluding carboxylic acids is 4. The Morgan fingerprint density at radius 3 is 1.16 bits per heavy atom. The van der Waals surface area contributed by atoms with Gasteiger partial charge in [0.2, 0.25) is 17.7 Å². The predicted octanol–water partition coefficient (Wildman–Crippen LogP) is -2.65. The topological polar surface area (TPSA) is 289 Å². The molecule has 0 aromatic carbocycles. The van der Waals surface area contributed by atoms with Crippen LogP contribution in [0, 0.1) is 16.2 Å². The van der Waals surface area contributed by atoms with Gasteiger partial charge in [0.05, 0.1) is 39.1 Å². The zero-order chi connectivity index (χ0) is 34.9. The Morgan fingerprint density at radius 2 is 0.864 bits per heavy atom. The lowest BCUT2D eigenvalue weighted by atomic mass is 9.87. The minimum Gasteiger partial charge on any atom is -0.481 e. The van der Waals surface area contributed by atoms with E-state index in [0.717, 1.165) is 0 Å². The normalized spacial score (nSPS) is 13.7. The van der Waals surface area contributed by atoms with Crippen LogP contribution >= 0.6 is 0 Å². The molecule has 44 heavy (non-hydrogen) atoms. The number of carboxylic acid groups (broad SMARTS) is 2. The van der Waals surface area contributed by atoms with Gasteiger partial charge < -0.3 is 56.4 Å². The van der Waals surface area contributed by atoms with Crippen LogP contribution in [0.4, 0.5) is 0 Å². The number of aliphatic carboxylic acids is 2. The van der Waals surface area contributed by atoms with Crippen LogP contribution < -0.4 is 16.0 Å². The maximum atomic E-state index is 11.8. The summed E-state index contributed by atoms with van der Waals surface area (Å²) in [5, 5.41) is 71.2. The molecule has 256 valence electrons. The van der Waals surface area contributed by atoms with Crippen LogP contribution in [0.25, 0.3) is 0 Å². The van der Waals surface area contributed by atoms with Crippen LogP contribution in [0.1, 0.15) is 60.8 Å². The van der Waals surface area contributed by atoms with Gasteiger partial charge in [-0.3, -0.25) is 28.8 Å². The summed E-state index contributed by atoms with van der Waals surface area (Å²) in [6.45, 7) is 7.80. The molecular weight excluding hydrogens is 590 g/mol. The molecule has 0 saturated heterocycles. The van der Waals surface area contributed by atoms with Gasteiger partial charge in [0, 0.05) is 35.9 Å². The van der Waals surface area contributed by atoms with E-state index in [1.807, 2.05) is 0 Å². The van der Waals surface area contributed by atoms with Gasteiger partial charge in [-0.15, -0.1) is 0 Å². The molecule has 3 atom stereocenters. The standard InChI is InChI=1S/C18H32N2O9.C9H17NO5/c1-17(2,9-21)13(25)15(27)20-8-6-12(24)29-10-18(3,4)14(26)16(28)19-7-5-11(22)23;1-9(2,5-11)7(14)8(15)10-4-3-6(12)13/h13-14,21,25-26H,5-10H2,1-4H3,(H,19,28)(H,20,27)(H,22,23);7,11,14H,3-5H2,1-2H3,(H,10,15)(H,12,13)/t;7-/m.0/s1. The molecule has 0 fully saturated rings. The molecule has 0 aliphatic rings. The van der Waals surface area contributed by atoms with Crippen LogP contribution in [-0.4, -0.2) is 129 Å². The Labute approximate surface area is 256 Å². The lowest BCUT2D eigenvalue weighted by molar-refractivity contribution is -0.153. The van der Waals surface area contributed by atoms with E-state index in [1.54, 1.807) is 0 Å². The average molecular weight is 640 g/mol. The molecule has 0 radical (unpaired) electrons. The largest absolute Gasteiger partial charge is 0.481 e. The van der Waals surface area contributed by atoms with E-state index >= 15 is 0 Å². The van der Waals surface area contributed by atoms with Gasteiger partial charge in [0.15, 0.2) is 0 Å². The van der Waals surface area contributed by atoms with Crippen LogP contribution in [0.5, 0.6) is 0 Å². The molecule has 0 rings (SSSR count). The van der Waals surface area contributed by atoms with Crippen molar-refractivity contribution >= 4 is 35.6 Å². The first kappa shape index (κ1) is 42.8. The van der Waals surface area contributed by atoms with Crippen LogP contribution in [0.3, 0.4) is 0 Å². The third-order valence-electron chi connectivity index (χ3n) is 6.29. The third-order valence-corrected chi connectivity index (χ3v) is 6.29. The number of hydrogen-bond acceptors (Lipinski definition) is 12. The van der Waals surface area contributed by atoms with Crippen LogP contribution in [0.2, 0.25) is 0 Å². The molecule has 0 bridgehead atoms. The first-order valence-corrected chi connectivity index (χ1v) is 13.7. The highest BCUT2D eigenvalue weighted by Gasteiger charge is 2.36. The number of carboxylic acids is 2. The Balaban J connectivity index is 0. The van der Waals surface area contributed by atoms with Gasteiger partial charge in [0.25, 0.3) is 0 Å². The van der Waals surface area contributed by atoms with E-state index in [1.165, 1.54) is 41.5 Å². The summed E-state index contributed by atoms with van der Waals surface area (Å²) in [7, 11) is 0. The monoisotopic (exact) mass is 639 g/mol. The van der Waals surface area contributed by atoms with Gasteiger partial charge in [-0.25, -0.2) is 0 Å². The van der Waals surface area contributed by atoms with Gasteiger partial charge in [-0.1, -0.05) is 41.5 Å². The quantitative estimate of drug-likeness (QED) is 0.0646. The van der Waals surface area contributed by atoms with Crippen molar-refractivity contribution in [3.05, 3.63) is 0 Å². The van der Waals surface area contributed by atoms with E-state index in [9.17, 15) is 44.1 Å². The molecule has 0 aliphatic carbocycles. The minimum absolute atomic E-state index is 0.0350. The second-order valence-electron chi connectivity index (χ2n) is 12.1. The number of hydrogen-bond donors (Lipinski definition) is 10. The molecule has 0 aliphatic heterocycles. The van der Waals surface area contributed by atoms with Crippen molar-refractivity contribution < 1.29 is 69.2 Å². The fraction of sp³-hybridized carbons (Fsp3) is 0.778. The summed E-state index contributed by atoms with van der Waals surface area (Å²) < 4.78 is 5.02. The maximum absolute atomic E-state index is 11.8. The summed E-state index contributed by atoms with van der Waals surface area (Å²) in [5.41, 5.74) is -3.10. The molecule has 2 unspecified atom stereocenters.